The van der Waals surface area contributed by atoms with Crippen molar-refractivity contribution in [2.45, 2.75) is 13.0 Å². The van der Waals surface area contributed by atoms with Gasteiger partial charge in [0.15, 0.2) is 5.11 Å². The number of nitrogens with zero attached hydrogens (tertiary/aromatic N) is 1. The van der Waals surface area contributed by atoms with E-state index in [4.69, 9.17) is 12.2 Å². The van der Waals surface area contributed by atoms with Gasteiger partial charge >= 0.3 is 0 Å². The zero-order valence-electron chi connectivity index (χ0n) is 7.74. The summed E-state index contributed by atoms with van der Waals surface area (Å²) in [7, 11) is 1.80. The van der Waals surface area contributed by atoms with E-state index in [1.165, 1.54) is 0 Å². The first-order valence-corrected chi connectivity index (χ1v) is 4.53. The van der Waals surface area contributed by atoms with E-state index in [9.17, 15) is 0 Å². The van der Waals surface area contributed by atoms with Gasteiger partial charge in [0.1, 0.15) is 0 Å². The third kappa shape index (κ3) is 2.99. The highest BCUT2D eigenvalue weighted by Crippen LogP contribution is 2.08. The van der Waals surface area contributed by atoms with E-state index in [-0.39, 0.29) is 6.04 Å². The summed E-state index contributed by atoms with van der Waals surface area (Å²) in [6, 6.07) is 4.12. The molecule has 0 aliphatic rings. The number of hydrogen-bond donors (Lipinski definition) is 2. The highest BCUT2D eigenvalue weighted by Gasteiger charge is 2.04. The molecule has 0 spiro atoms. The van der Waals surface area contributed by atoms with E-state index in [0.717, 1.165) is 5.56 Å². The monoisotopic (exact) mass is 195 g/mol. The molecular weight excluding hydrogens is 182 g/mol. The summed E-state index contributed by atoms with van der Waals surface area (Å²) in [6.45, 7) is 2.04. The second-order valence-corrected chi connectivity index (χ2v) is 3.14. The predicted octanol–water partition coefficient (Wildman–Crippen LogP) is 1.24. The van der Waals surface area contributed by atoms with Crippen molar-refractivity contribution >= 4 is 17.3 Å². The fraction of sp³-hybridized carbons (Fsp3) is 0.333. The summed E-state index contributed by atoms with van der Waals surface area (Å²) in [5.74, 6) is 0. The van der Waals surface area contributed by atoms with E-state index < -0.39 is 0 Å². The number of rotatable bonds is 2. The second-order valence-electron chi connectivity index (χ2n) is 2.73. The average Bonchev–Trinajstić information content (AvgIpc) is 2.19. The van der Waals surface area contributed by atoms with Gasteiger partial charge in [-0.3, -0.25) is 4.98 Å². The third-order valence-corrected chi connectivity index (χ3v) is 2.08. The van der Waals surface area contributed by atoms with Gasteiger partial charge < -0.3 is 10.6 Å². The van der Waals surface area contributed by atoms with Gasteiger partial charge in [-0.15, -0.1) is 0 Å². The van der Waals surface area contributed by atoms with Gasteiger partial charge in [-0.05, 0) is 30.8 Å². The number of thiocarbonyl (C=S) groups is 1. The molecule has 0 radical (unpaired) electrons. The Labute approximate surface area is 83.6 Å². The molecule has 1 atom stereocenters. The second kappa shape index (κ2) is 4.77. The Hall–Kier alpha value is -1.16. The lowest BCUT2D eigenvalue weighted by Crippen LogP contribution is -2.34. The molecule has 0 aromatic carbocycles. The molecule has 13 heavy (non-hydrogen) atoms. The SMILES string of the molecule is CNC(=S)NC(C)c1cccnc1. The topological polar surface area (TPSA) is 37.0 Å². The van der Waals surface area contributed by atoms with Crippen LogP contribution in [0.25, 0.3) is 0 Å². The Kier molecular flexibility index (Phi) is 3.64. The van der Waals surface area contributed by atoms with Crippen molar-refractivity contribution in [1.29, 1.82) is 0 Å². The van der Waals surface area contributed by atoms with Crippen LogP contribution in [0.5, 0.6) is 0 Å². The quantitative estimate of drug-likeness (QED) is 0.696. The van der Waals surface area contributed by atoms with Gasteiger partial charge in [0.2, 0.25) is 0 Å². The molecule has 0 saturated heterocycles. The highest BCUT2D eigenvalue weighted by molar-refractivity contribution is 7.80. The van der Waals surface area contributed by atoms with E-state index in [1.807, 2.05) is 25.3 Å². The number of nitrogens with one attached hydrogen (secondary N) is 2. The van der Waals surface area contributed by atoms with Crippen molar-refractivity contribution in [3.05, 3.63) is 30.1 Å². The molecule has 0 aliphatic carbocycles. The molecular formula is C9H13N3S. The molecule has 1 heterocycles. The first-order valence-electron chi connectivity index (χ1n) is 4.12. The van der Waals surface area contributed by atoms with Crippen LogP contribution in [0.1, 0.15) is 18.5 Å². The van der Waals surface area contributed by atoms with Gasteiger partial charge in [0.25, 0.3) is 0 Å². The minimum absolute atomic E-state index is 0.189. The molecule has 0 amide bonds. The van der Waals surface area contributed by atoms with Crippen LogP contribution in [0.3, 0.4) is 0 Å². The maximum Gasteiger partial charge on any atom is 0.166 e. The fourth-order valence-corrected chi connectivity index (χ4v) is 1.16. The molecule has 4 heteroatoms. The Balaban J connectivity index is 2.59. The third-order valence-electron chi connectivity index (χ3n) is 1.76. The lowest BCUT2D eigenvalue weighted by molar-refractivity contribution is 0.706. The maximum absolute atomic E-state index is 4.99. The minimum Gasteiger partial charge on any atom is -0.366 e. The van der Waals surface area contributed by atoms with Crippen LogP contribution >= 0.6 is 12.2 Å². The molecule has 2 N–H and O–H groups in total. The van der Waals surface area contributed by atoms with Crippen molar-refractivity contribution in [3.63, 3.8) is 0 Å². The highest BCUT2D eigenvalue weighted by atomic mass is 32.1. The Morgan fingerprint density at radius 2 is 2.38 bits per heavy atom. The summed E-state index contributed by atoms with van der Waals surface area (Å²) >= 11 is 4.99. The summed E-state index contributed by atoms with van der Waals surface area (Å²) < 4.78 is 0. The molecule has 0 saturated carbocycles. The standard InChI is InChI=1S/C9H13N3S/c1-7(12-9(13)10-2)8-4-3-5-11-6-8/h3-7H,1-2H3,(H2,10,12,13). The Morgan fingerprint density at radius 3 is 2.92 bits per heavy atom. The normalized spacial score (nSPS) is 11.8. The zero-order valence-corrected chi connectivity index (χ0v) is 8.56. The number of hydrogen-bond acceptors (Lipinski definition) is 2. The van der Waals surface area contributed by atoms with Crippen molar-refractivity contribution in [2.75, 3.05) is 7.05 Å². The molecule has 3 nitrogen and oxygen atoms in total. The van der Waals surface area contributed by atoms with Crippen LogP contribution in [0.2, 0.25) is 0 Å². The molecule has 0 fully saturated rings. The first kappa shape index (κ1) is 9.92. The Bertz CT molecular complexity index is 273. The zero-order chi connectivity index (χ0) is 9.68. The first-order chi connectivity index (χ1) is 6.24. The van der Waals surface area contributed by atoms with Crippen molar-refractivity contribution in [1.82, 2.24) is 15.6 Å². The van der Waals surface area contributed by atoms with Crippen LogP contribution in [0.15, 0.2) is 24.5 Å². The summed E-state index contributed by atoms with van der Waals surface area (Å²) in [5.41, 5.74) is 1.13. The van der Waals surface area contributed by atoms with Gasteiger partial charge in [-0.2, -0.15) is 0 Å². The van der Waals surface area contributed by atoms with Crippen LogP contribution in [-0.4, -0.2) is 17.1 Å². The minimum atomic E-state index is 0.189. The summed E-state index contributed by atoms with van der Waals surface area (Å²) in [6.07, 6.45) is 3.59. The van der Waals surface area contributed by atoms with Crippen LogP contribution in [-0.2, 0) is 0 Å². The van der Waals surface area contributed by atoms with Crippen molar-refractivity contribution < 1.29 is 0 Å². The van der Waals surface area contributed by atoms with E-state index in [0.29, 0.717) is 5.11 Å². The summed E-state index contributed by atoms with van der Waals surface area (Å²) in [4.78, 5) is 4.04. The van der Waals surface area contributed by atoms with Gasteiger partial charge in [0.05, 0.1) is 6.04 Å². The lowest BCUT2D eigenvalue weighted by Gasteiger charge is -2.14. The smallest absolute Gasteiger partial charge is 0.166 e. The summed E-state index contributed by atoms with van der Waals surface area (Å²) in [5, 5.41) is 6.64. The van der Waals surface area contributed by atoms with E-state index >= 15 is 0 Å². The van der Waals surface area contributed by atoms with Crippen LogP contribution in [0, 0.1) is 0 Å². The lowest BCUT2D eigenvalue weighted by atomic mass is 10.1. The van der Waals surface area contributed by atoms with Crippen molar-refractivity contribution in [2.24, 2.45) is 0 Å². The molecule has 1 aromatic heterocycles. The van der Waals surface area contributed by atoms with Crippen LogP contribution in [0.4, 0.5) is 0 Å². The van der Waals surface area contributed by atoms with Gasteiger partial charge in [0, 0.05) is 19.4 Å². The molecule has 0 aliphatic heterocycles. The van der Waals surface area contributed by atoms with Crippen LogP contribution < -0.4 is 10.6 Å². The predicted molar refractivity (Wildman–Crippen MR) is 57.4 cm³/mol. The van der Waals surface area contributed by atoms with Gasteiger partial charge in [-0.25, -0.2) is 0 Å². The molecule has 1 aromatic rings. The largest absolute Gasteiger partial charge is 0.366 e. The Morgan fingerprint density at radius 1 is 1.62 bits per heavy atom. The molecule has 1 unspecified atom stereocenters. The number of aromatic nitrogens is 1. The van der Waals surface area contributed by atoms with E-state index in [2.05, 4.69) is 15.6 Å². The molecule has 1 rings (SSSR count). The average molecular weight is 195 g/mol. The van der Waals surface area contributed by atoms with E-state index in [1.54, 1.807) is 13.2 Å². The van der Waals surface area contributed by atoms with Crippen molar-refractivity contribution in [3.8, 4) is 0 Å². The van der Waals surface area contributed by atoms with Gasteiger partial charge in [-0.1, -0.05) is 6.07 Å². The molecule has 70 valence electrons. The fourth-order valence-electron chi connectivity index (χ4n) is 0.984. The molecule has 0 bridgehead atoms. The number of pyridine rings is 1. The maximum atomic E-state index is 4.99.